The Morgan fingerprint density at radius 1 is 1.40 bits per heavy atom. The van der Waals surface area contributed by atoms with Crippen molar-refractivity contribution in [1.82, 2.24) is 0 Å². The van der Waals surface area contributed by atoms with E-state index in [0.29, 0.717) is 17.0 Å². The highest BCUT2D eigenvalue weighted by Gasteiger charge is 2.22. The molecule has 1 atom stereocenters. The Morgan fingerprint density at radius 3 is 2.47 bits per heavy atom. The van der Waals surface area contributed by atoms with Crippen LogP contribution in [0.1, 0.15) is 26.3 Å². The zero-order valence-corrected chi connectivity index (χ0v) is 10.1. The van der Waals surface area contributed by atoms with Gasteiger partial charge in [0.2, 0.25) is 0 Å². The highest BCUT2D eigenvalue weighted by atomic mass is 35.5. The van der Waals surface area contributed by atoms with Crippen LogP contribution in [-0.4, -0.2) is 6.04 Å². The van der Waals surface area contributed by atoms with Gasteiger partial charge in [-0.25, -0.2) is 4.39 Å². The lowest BCUT2D eigenvalue weighted by Crippen LogP contribution is -2.37. The summed E-state index contributed by atoms with van der Waals surface area (Å²) in [6.07, 6.45) is 0.467. The Balaban J connectivity index is 2.90. The van der Waals surface area contributed by atoms with Crippen molar-refractivity contribution in [2.45, 2.75) is 33.2 Å². The number of halogens is 2. The van der Waals surface area contributed by atoms with Gasteiger partial charge in [-0.15, -0.1) is 0 Å². The third-order valence-electron chi connectivity index (χ3n) is 2.60. The van der Waals surface area contributed by atoms with Crippen molar-refractivity contribution in [2.24, 2.45) is 11.1 Å². The van der Waals surface area contributed by atoms with Crippen LogP contribution < -0.4 is 5.73 Å². The van der Waals surface area contributed by atoms with Crippen LogP contribution in [0.5, 0.6) is 0 Å². The monoisotopic (exact) mass is 229 g/mol. The summed E-state index contributed by atoms with van der Waals surface area (Å²) in [6.45, 7) is 6.10. The minimum Gasteiger partial charge on any atom is -0.327 e. The second-order valence-electron chi connectivity index (χ2n) is 4.88. The molecule has 0 heterocycles. The first-order valence-corrected chi connectivity index (χ1v) is 5.38. The molecule has 0 aromatic heterocycles. The first-order valence-electron chi connectivity index (χ1n) is 5.01. The van der Waals surface area contributed by atoms with Crippen molar-refractivity contribution in [2.75, 3.05) is 0 Å². The molecule has 0 fully saturated rings. The summed E-state index contributed by atoms with van der Waals surface area (Å²) in [6, 6.07) is 4.60. The van der Waals surface area contributed by atoms with Gasteiger partial charge in [-0.1, -0.05) is 38.4 Å². The van der Waals surface area contributed by atoms with Crippen molar-refractivity contribution in [3.05, 3.63) is 34.6 Å². The van der Waals surface area contributed by atoms with E-state index in [-0.39, 0.29) is 17.3 Å². The minimum absolute atomic E-state index is 0.0500. The van der Waals surface area contributed by atoms with Crippen LogP contribution >= 0.6 is 11.6 Å². The van der Waals surface area contributed by atoms with Crippen molar-refractivity contribution >= 4 is 11.6 Å². The maximum absolute atomic E-state index is 13.5. The van der Waals surface area contributed by atoms with Gasteiger partial charge in [-0.05, 0) is 24.0 Å². The molecule has 0 aliphatic carbocycles. The zero-order valence-electron chi connectivity index (χ0n) is 9.35. The van der Waals surface area contributed by atoms with E-state index >= 15 is 0 Å². The average molecular weight is 230 g/mol. The molecule has 0 radical (unpaired) electrons. The molecule has 1 aromatic carbocycles. The van der Waals surface area contributed by atoms with Gasteiger partial charge in [0.25, 0.3) is 0 Å². The number of benzene rings is 1. The molecule has 2 N–H and O–H groups in total. The molecule has 0 amide bonds. The highest BCUT2D eigenvalue weighted by molar-refractivity contribution is 6.31. The summed E-state index contributed by atoms with van der Waals surface area (Å²) >= 11 is 5.93. The summed E-state index contributed by atoms with van der Waals surface area (Å²) in [5.74, 6) is -0.276. The predicted molar refractivity (Wildman–Crippen MR) is 62.5 cm³/mol. The molecule has 0 aliphatic rings. The van der Waals surface area contributed by atoms with E-state index in [1.54, 1.807) is 12.1 Å². The Labute approximate surface area is 95.4 Å². The van der Waals surface area contributed by atoms with Crippen LogP contribution in [0.4, 0.5) is 4.39 Å². The lowest BCUT2D eigenvalue weighted by Gasteiger charge is -2.27. The smallest absolute Gasteiger partial charge is 0.127 e. The molecule has 1 rings (SSSR count). The minimum atomic E-state index is -0.276. The zero-order chi connectivity index (χ0) is 11.6. The third kappa shape index (κ3) is 3.18. The second kappa shape index (κ2) is 4.50. The molecule has 3 heteroatoms. The van der Waals surface area contributed by atoms with E-state index < -0.39 is 0 Å². The molecular formula is C12H17ClFN. The SMILES string of the molecule is CC(C)(C)C(N)Cc1c(F)cccc1Cl. The number of rotatable bonds is 2. The molecule has 0 saturated carbocycles. The Kier molecular flexibility index (Phi) is 3.74. The van der Waals surface area contributed by atoms with E-state index in [1.807, 2.05) is 20.8 Å². The fourth-order valence-corrected chi connectivity index (χ4v) is 1.49. The van der Waals surface area contributed by atoms with Gasteiger partial charge in [0.1, 0.15) is 5.82 Å². The normalized spacial score (nSPS) is 14.0. The second-order valence-corrected chi connectivity index (χ2v) is 5.28. The molecule has 1 nitrogen and oxygen atoms in total. The molecule has 84 valence electrons. The van der Waals surface area contributed by atoms with Gasteiger partial charge < -0.3 is 5.73 Å². The van der Waals surface area contributed by atoms with Crippen LogP contribution in [0.3, 0.4) is 0 Å². The van der Waals surface area contributed by atoms with Gasteiger partial charge >= 0.3 is 0 Å². The highest BCUT2D eigenvalue weighted by Crippen LogP contribution is 2.25. The number of hydrogen-bond acceptors (Lipinski definition) is 1. The molecular weight excluding hydrogens is 213 g/mol. The van der Waals surface area contributed by atoms with E-state index in [1.165, 1.54) is 6.07 Å². The summed E-state index contributed by atoms with van der Waals surface area (Å²) in [4.78, 5) is 0. The number of nitrogens with two attached hydrogens (primary N) is 1. The van der Waals surface area contributed by atoms with Gasteiger partial charge in [0.05, 0.1) is 0 Å². The van der Waals surface area contributed by atoms with Gasteiger partial charge in [-0.2, -0.15) is 0 Å². The quantitative estimate of drug-likeness (QED) is 0.827. The van der Waals surface area contributed by atoms with Gasteiger partial charge in [0.15, 0.2) is 0 Å². The largest absolute Gasteiger partial charge is 0.327 e. The lowest BCUT2D eigenvalue weighted by atomic mass is 9.83. The lowest BCUT2D eigenvalue weighted by molar-refractivity contribution is 0.316. The summed E-state index contributed by atoms with van der Waals surface area (Å²) in [5, 5.41) is 0.453. The first kappa shape index (κ1) is 12.5. The van der Waals surface area contributed by atoms with Crippen molar-refractivity contribution in [3.63, 3.8) is 0 Å². The van der Waals surface area contributed by atoms with E-state index in [4.69, 9.17) is 17.3 Å². The summed E-state index contributed by atoms with van der Waals surface area (Å²) in [5.41, 5.74) is 6.46. The van der Waals surface area contributed by atoms with Crippen LogP contribution in [0.25, 0.3) is 0 Å². The molecule has 1 aromatic rings. The molecule has 0 bridgehead atoms. The standard InChI is InChI=1S/C12H17ClFN/c1-12(2,3)11(15)7-8-9(13)5-4-6-10(8)14/h4-6,11H,7,15H2,1-3H3. The Morgan fingerprint density at radius 2 is 2.00 bits per heavy atom. The summed E-state index contributed by atoms with van der Waals surface area (Å²) in [7, 11) is 0. The van der Waals surface area contributed by atoms with Crippen molar-refractivity contribution in [3.8, 4) is 0 Å². The van der Waals surface area contributed by atoms with Crippen LogP contribution in [0, 0.1) is 11.2 Å². The first-order chi connectivity index (χ1) is 6.82. The molecule has 0 spiro atoms. The van der Waals surface area contributed by atoms with Gasteiger partial charge in [0, 0.05) is 16.6 Å². The maximum atomic E-state index is 13.5. The fourth-order valence-electron chi connectivity index (χ4n) is 1.25. The Bertz CT molecular complexity index is 324. The van der Waals surface area contributed by atoms with Gasteiger partial charge in [-0.3, -0.25) is 0 Å². The maximum Gasteiger partial charge on any atom is 0.127 e. The number of hydrogen-bond donors (Lipinski definition) is 1. The molecule has 0 aliphatic heterocycles. The van der Waals surface area contributed by atoms with E-state index in [2.05, 4.69) is 0 Å². The van der Waals surface area contributed by atoms with E-state index in [0.717, 1.165) is 0 Å². The summed E-state index contributed by atoms with van der Waals surface area (Å²) < 4.78 is 13.5. The van der Waals surface area contributed by atoms with Crippen molar-refractivity contribution in [1.29, 1.82) is 0 Å². The van der Waals surface area contributed by atoms with Crippen LogP contribution in [-0.2, 0) is 6.42 Å². The Hall–Kier alpha value is -0.600. The topological polar surface area (TPSA) is 26.0 Å². The predicted octanol–water partition coefficient (Wildman–Crippen LogP) is 3.40. The average Bonchev–Trinajstić information content (AvgIpc) is 2.09. The fraction of sp³-hybridized carbons (Fsp3) is 0.500. The molecule has 15 heavy (non-hydrogen) atoms. The van der Waals surface area contributed by atoms with Crippen molar-refractivity contribution < 1.29 is 4.39 Å². The van der Waals surface area contributed by atoms with Crippen LogP contribution in [0.15, 0.2) is 18.2 Å². The molecule has 1 unspecified atom stereocenters. The van der Waals surface area contributed by atoms with E-state index in [9.17, 15) is 4.39 Å². The third-order valence-corrected chi connectivity index (χ3v) is 2.95. The van der Waals surface area contributed by atoms with Crippen LogP contribution in [0.2, 0.25) is 5.02 Å². The molecule has 0 saturated heterocycles.